The number of anilines is 1. The quantitative estimate of drug-likeness (QED) is 0.850. The van der Waals surface area contributed by atoms with Crippen molar-refractivity contribution in [3.8, 4) is 0 Å². The van der Waals surface area contributed by atoms with Gasteiger partial charge in [-0.1, -0.05) is 18.9 Å². The second-order valence-corrected chi connectivity index (χ2v) is 5.97. The molecule has 3 rings (SSSR count). The molecule has 4 nitrogen and oxygen atoms in total. The van der Waals surface area contributed by atoms with Crippen LogP contribution < -0.4 is 10.6 Å². The number of hydrogen-bond donors (Lipinski definition) is 2. The van der Waals surface area contributed by atoms with Gasteiger partial charge in [0.2, 0.25) is 0 Å². The van der Waals surface area contributed by atoms with Crippen LogP contribution >= 0.6 is 0 Å². The van der Waals surface area contributed by atoms with Crippen molar-refractivity contribution in [2.75, 3.05) is 18.0 Å². The first-order valence-corrected chi connectivity index (χ1v) is 7.33. The van der Waals surface area contributed by atoms with Crippen LogP contribution in [0.15, 0.2) is 18.3 Å². The van der Waals surface area contributed by atoms with Crippen LogP contribution in [0.25, 0.3) is 0 Å². The Balaban J connectivity index is 1.73. The van der Waals surface area contributed by atoms with Crippen LogP contribution in [-0.2, 0) is 6.54 Å². The molecule has 1 aliphatic carbocycles. The minimum Gasteiger partial charge on any atom is -0.389 e. The smallest absolute Gasteiger partial charge is 0.128 e. The molecule has 4 heteroatoms. The molecule has 1 aromatic heterocycles. The third kappa shape index (κ3) is 2.47. The number of nitrogens with zero attached hydrogens (tertiary/aromatic N) is 2. The van der Waals surface area contributed by atoms with E-state index < -0.39 is 5.60 Å². The van der Waals surface area contributed by atoms with Gasteiger partial charge in [0.05, 0.1) is 5.60 Å². The summed E-state index contributed by atoms with van der Waals surface area (Å²) in [6.07, 6.45) is 7.28. The van der Waals surface area contributed by atoms with Crippen molar-refractivity contribution in [3.63, 3.8) is 0 Å². The van der Waals surface area contributed by atoms with Gasteiger partial charge in [-0.3, -0.25) is 0 Å². The van der Waals surface area contributed by atoms with Crippen LogP contribution in [0.3, 0.4) is 0 Å². The molecule has 3 N–H and O–H groups in total. The van der Waals surface area contributed by atoms with Gasteiger partial charge in [0.25, 0.3) is 0 Å². The van der Waals surface area contributed by atoms with Gasteiger partial charge in [0.15, 0.2) is 0 Å². The number of pyridine rings is 1. The zero-order chi connectivity index (χ0) is 13.3. The van der Waals surface area contributed by atoms with Gasteiger partial charge in [-0.15, -0.1) is 0 Å². The molecular formula is C15H23N3O. The Bertz CT molecular complexity index is 434. The molecule has 2 unspecified atom stereocenters. The largest absolute Gasteiger partial charge is 0.389 e. The Morgan fingerprint density at radius 3 is 3.00 bits per heavy atom. The fourth-order valence-corrected chi connectivity index (χ4v) is 3.50. The maximum absolute atomic E-state index is 10.7. The molecular weight excluding hydrogens is 238 g/mol. The molecule has 1 aliphatic heterocycles. The molecule has 2 aliphatic rings. The van der Waals surface area contributed by atoms with E-state index in [0.717, 1.165) is 43.7 Å². The summed E-state index contributed by atoms with van der Waals surface area (Å²) in [5.41, 5.74) is 6.25. The van der Waals surface area contributed by atoms with E-state index in [1.807, 2.05) is 12.3 Å². The molecule has 0 aromatic carbocycles. The summed E-state index contributed by atoms with van der Waals surface area (Å²) in [5.74, 6) is 1.43. The molecule has 1 saturated carbocycles. The maximum Gasteiger partial charge on any atom is 0.128 e. The number of fused-ring (bicyclic) bond motifs is 1. The van der Waals surface area contributed by atoms with Gasteiger partial charge in [-0.25, -0.2) is 4.98 Å². The van der Waals surface area contributed by atoms with Gasteiger partial charge in [0, 0.05) is 31.7 Å². The summed E-state index contributed by atoms with van der Waals surface area (Å²) < 4.78 is 0. The summed E-state index contributed by atoms with van der Waals surface area (Å²) in [4.78, 5) is 6.81. The standard InChI is InChI=1S/C15H23N3O/c16-9-12-4-5-14(17-10-12)18-8-7-15(19)6-2-1-3-13(15)11-18/h4-5,10,13,19H,1-3,6-9,11,16H2. The lowest BCUT2D eigenvalue weighted by molar-refractivity contribution is -0.0613. The Kier molecular flexibility index (Phi) is 3.46. The molecule has 0 amide bonds. The highest BCUT2D eigenvalue weighted by atomic mass is 16.3. The van der Waals surface area contributed by atoms with Gasteiger partial charge in [-0.05, 0) is 30.9 Å². The van der Waals surface area contributed by atoms with Crippen molar-refractivity contribution >= 4 is 5.82 Å². The number of rotatable bonds is 2. The van der Waals surface area contributed by atoms with Crippen molar-refractivity contribution in [2.24, 2.45) is 11.7 Å². The monoisotopic (exact) mass is 261 g/mol. The van der Waals surface area contributed by atoms with Gasteiger partial charge < -0.3 is 15.7 Å². The van der Waals surface area contributed by atoms with Crippen molar-refractivity contribution in [1.82, 2.24) is 4.98 Å². The Morgan fingerprint density at radius 2 is 2.26 bits per heavy atom. The fraction of sp³-hybridized carbons (Fsp3) is 0.667. The van der Waals surface area contributed by atoms with E-state index in [4.69, 9.17) is 5.73 Å². The predicted molar refractivity (Wildman–Crippen MR) is 75.9 cm³/mol. The molecule has 0 spiro atoms. The highest BCUT2D eigenvalue weighted by Crippen LogP contribution is 2.40. The lowest BCUT2D eigenvalue weighted by Crippen LogP contribution is -2.53. The summed E-state index contributed by atoms with van der Waals surface area (Å²) in [6, 6.07) is 4.10. The number of aliphatic hydroxyl groups is 1. The maximum atomic E-state index is 10.7. The van der Waals surface area contributed by atoms with E-state index in [9.17, 15) is 5.11 Å². The summed E-state index contributed by atoms with van der Waals surface area (Å²) >= 11 is 0. The Labute approximate surface area is 114 Å². The molecule has 1 saturated heterocycles. The van der Waals surface area contributed by atoms with Crippen molar-refractivity contribution in [2.45, 2.75) is 44.2 Å². The average molecular weight is 261 g/mol. The molecule has 0 radical (unpaired) electrons. The van der Waals surface area contributed by atoms with E-state index in [1.54, 1.807) is 0 Å². The van der Waals surface area contributed by atoms with Crippen LogP contribution in [0.5, 0.6) is 0 Å². The first kappa shape index (κ1) is 12.9. The minimum absolute atomic E-state index is 0.408. The second kappa shape index (κ2) is 5.10. The Morgan fingerprint density at radius 1 is 1.37 bits per heavy atom. The van der Waals surface area contributed by atoms with Crippen LogP contribution in [0.4, 0.5) is 5.82 Å². The first-order valence-electron chi connectivity index (χ1n) is 7.33. The van der Waals surface area contributed by atoms with Crippen molar-refractivity contribution in [3.05, 3.63) is 23.9 Å². The Hall–Kier alpha value is -1.13. The van der Waals surface area contributed by atoms with E-state index in [0.29, 0.717) is 12.5 Å². The van der Waals surface area contributed by atoms with Gasteiger partial charge >= 0.3 is 0 Å². The van der Waals surface area contributed by atoms with E-state index >= 15 is 0 Å². The number of piperidine rings is 1. The molecule has 0 bridgehead atoms. The molecule has 2 atom stereocenters. The normalized spacial score (nSPS) is 31.1. The highest BCUT2D eigenvalue weighted by molar-refractivity contribution is 5.40. The lowest BCUT2D eigenvalue weighted by atomic mass is 9.71. The number of nitrogens with two attached hydrogens (primary N) is 1. The average Bonchev–Trinajstić information content (AvgIpc) is 2.46. The molecule has 2 fully saturated rings. The van der Waals surface area contributed by atoms with Crippen LogP contribution in [-0.4, -0.2) is 28.8 Å². The SMILES string of the molecule is NCc1ccc(N2CCC3(O)CCCCC3C2)nc1. The van der Waals surface area contributed by atoms with Crippen LogP contribution in [0.2, 0.25) is 0 Å². The number of hydrogen-bond acceptors (Lipinski definition) is 4. The highest BCUT2D eigenvalue weighted by Gasteiger charge is 2.42. The fourth-order valence-electron chi connectivity index (χ4n) is 3.50. The molecule has 104 valence electrons. The molecule has 2 heterocycles. The minimum atomic E-state index is -0.411. The third-order valence-corrected chi connectivity index (χ3v) is 4.80. The number of aromatic nitrogens is 1. The summed E-state index contributed by atoms with van der Waals surface area (Å²) in [5, 5.41) is 10.7. The zero-order valence-electron chi connectivity index (χ0n) is 11.4. The van der Waals surface area contributed by atoms with Gasteiger partial charge in [-0.2, -0.15) is 0 Å². The van der Waals surface area contributed by atoms with Crippen molar-refractivity contribution < 1.29 is 5.11 Å². The summed E-state index contributed by atoms with van der Waals surface area (Å²) in [6.45, 7) is 2.38. The van der Waals surface area contributed by atoms with E-state index in [1.165, 1.54) is 12.8 Å². The van der Waals surface area contributed by atoms with Crippen LogP contribution in [0.1, 0.15) is 37.7 Å². The molecule has 19 heavy (non-hydrogen) atoms. The zero-order valence-corrected chi connectivity index (χ0v) is 11.4. The van der Waals surface area contributed by atoms with E-state index in [2.05, 4.69) is 16.0 Å². The van der Waals surface area contributed by atoms with Crippen LogP contribution in [0, 0.1) is 5.92 Å². The second-order valence-electron chi connectivity index (χ2n) is 5.97. The van der Waals surface area contributed by atoms with Crippen molar-refractivity contribution in [1.29, 1.82) is 0 Å². The topological polar surface area (TPSA) is 62.4 Å². The van der Waals surface area contributed by atoms with Gasteiger partial charge in [0.1, 0.15) is 5.82 Å². The lowest BCUT2D eigenvalue weighted by Gasteiger charge is -2.47. The molecule has 1 aromatic rings. The van der Waals surface area contributed by atoms with E-state index in [-0.39, 0.29) is 0 Å². The predicted octanol–water partition coefficient (Wildman–Crippen LogP) is 1.67. The first-order chi connectivity index (χ1) is 9.21. The third-order valence-electron chi connectivity index (χ3n) is 4.80. The summed E-state index contributed by atoms with van der Waals surface area (Å²) in [7, 11) is 0.